The number of urea groups is 1. The van der Waals surface area contributed by atoms with Crippen molar-refractivity contribution in [3.63, 3.8) is 0 Å². The molecule has 3 rings (SSSR count). The monoisotopic (exact) mass is 352 g/mol. The molecule has 1 aromatic heterocycles. The number of fused-ring (bicyclic) bond motifs is 1. The maximum atomic E-state index is 12.5. The standard InChI is InChI=1S/C19H20N4O3/c1-12(2)11-23-17(24)15-7-6-13(9-16(15)18(23)25)22-19(26)21-10-14-5-3-4-8-20-14/h3-9,12H,10-11H2,1-2H3,(H2,21,22,26). The number of hydrogen-bond donors (Lipinski definition) is 2. The lowest BCUT2D eigenvalue weighted by Crippen LogP contribution is -2.33. The van der Waals surface area contributed by atoms with Crippen molar-refractivity contribution in [2.75, 3.05) is 11.9 Å². The van der Waals surface area contributed by atoms with Gasteiger partial charge in [-0.25, -0.2) is 4.79 Å². The summed E-state index contributed by atoms with van der Waals surface area (Å²) in [6, 6.07) is 9.77. The fourth-order valence-corrected chi connectivity index (χ4v) is 2.75. The third-order valence-corrected chi connectivity index (χ3v) is 3.93. The van der Waals surface area contributed by atoms with Crippen molar-refractivity contribution in [1.82, 2.24) is 15.2 Å². The number of aromatic nitrogens is 1. The number of carbonyl (C=O) groups is 3. The van der Waals surface area contributed by atoms with Crippen molar-refractivity contribution >= 4 is 23.5 Å². The summed E-state index contributed by atoms with van der Waals surface area (Å²) in [5.41, 5.74) is 1.88. The van der Waals surface area contributed by atoms with Crippen LogP contribution in [-0.4, -0.2) is 34.3 Å². The van der Waals surface area contributed by atoms with E-state index < -0.39 is 6.03 Å². The smallest absolute Gasteiger partial charge is 0.319 e. The molecular weight excluding hydrogens is 332 g/mol. The SMILES string of the molecule is CC(C)CN1C(=O)c2ccc(NC(=O)NCc3ccccn3)cc2C1=O. The predicted molar refractivity (Wildman–Crippen MR) is 96.7 cm³/mol. The average Bonchev–Trinajstić information content (AvgIpc) is 2.85. The molecule has 1 aromatic carbocycles. The molecule has 0 bridgehead atoms. The summed E-state index contributed by atoms with van der Waals surface area (Å²) in [6.45, 7) is 4.56. The quantitative estimate of drug-likeness (QED) is 0.809. The number of nitrogens with zero attached hydrogens (tertiary/aromatic N) is 2. The molecule has 0 spiro atoms. The molecule has 2 N–H and O–H groups in total. The first-order valence-corrected chi connectivity index (χ1v) is 8.40. The van der Waals surface area contributed by atoms with Crippen LogP contribution in [0.3, 0.4) is 0 Å². The summed E-state index contributed by atoms with van der Waals surface area (Å²) in [6.07, 6.45) is 1.65. The molecule has 0 atom stereocenters. The van der Waals surface area contributed by atoms with Crippen molar-refractivity contribution in [2.24, 2.45) is 5.92 Å². The fourth-order valence-electron chi connectivity index (χ4n) is 2.75. The number of amides is 4. The molecule has 0 fully saturated rings. The van der Waals surface area contributed by atoms with Crippen LogP contribution in [0.5, 0.6) is 0 Å². The molecule has 0 radical (unpaired) electrons. The largest absolute Gasteiger partial charge is 0.332 e. The molecule has 1 aliphatic heterocycles. The first-order chi connectivity index (χ1) is 12.5. The molecule has 2 heterocycles. The molecule has 134 valence electrons. The summed E-state index contributed by atoms with van der Waals surface area (Å²) in [7, 11) is 0. The Morgan fingerprint density at radius 1 is 1.12 bits per heavy atom. The predicted octanol–water partition coefficient (Wildman–Crippen LogP) is 2.66. The zero-order valence-corrected chi connectivity index (χ0v) is 14.7. The Kier molecular flexibility index (Phi) is 4.97. The maximum absolute atomic E-state index is 12.5. The average molecular weight is 352 g/mol. The summed E-state index contributed by atoms with van der Waals surface area (Å²) in [5, 5.41) is 5.37. The highest BCUT2D eigenvalue weighted by Crippen LogP contribution is 2.26. The van der Waals surface area contributed by atoms with Crippen LogP contribution in [0.1, 0.15) is 40.3 Å². The molecule has 1 aliphatic rings. The topological polar surface area (TPSA) is 91.4 Å². The Bertz CT molecular complexity index is 849. The third kappa shape index (κ3) is 3.72. The van der Waals surface area contributed by atoms with Gasteiger partial charge in [0.15, 0.2) is 0 Å². The van der Waals surface area contributed by atoms with Gasteiger partial charge in [-0.15, -0.1) is 0 Å². The van der Waals surface area contributed by atoms with E-state index in [2.05, 4.69) is 15.6 Å². The number of benzene rings is 1. The van der Waals surface area contributed by atoms with E-state index in [0.29, 0.717) is 23.4 Å². The van der Waals surface area contributed by atoms with Crippen molar-refractivity contribution in [3.8, 4) is 0 Å². The Balaban J connectivity index is 1.66. The Morgan fingerprint density at radius 3 is 2.58 bits per heavy atom. The second-order valence-corrected chi connectivity index (χ2v) is 6.50. The van der Waals surface area contributed by atoms with Gasteiger partial charge in [0.2, 0.25) is 0 Å². The normalized spacial score (nSPS) is 13.1. The van der Waals surface area contributed by atoms with Gasteiger partial charge in [-0.2, -0.15) is 0 Å². The molecule has 4 amide bonds. The van der Waals surface area contributed by atoms with Crippen molar-refractivity contribution in [1.29, 1.82) is 0 Å². The van der Waals surface area contributed by atoms with E-state index in [-0.39, 0.29) is 24.3 Å². The number of pyridine rings is 1. The Morgan fingerprint density at radius 2 is 1.88 bits per heavy atom. The van der Waals surface area contributed by atoms with E-state index in [4.69, 9.17) is 0 Å². The van der Waals surface area contributed by atoms with Crippen LogP contribution < -0.4 is 10.6 Å². The fraction of sp³-hybridized carbons (Fsp3) is 0.263. The van der Waals surface area contributed by atoms with E-state index in [1.807, 2.05) is 26.0 Å². The van der Waals surface area contributed by atoms with Crippen molar-refractivity contribution in [2.45, 2.75) is 20.4 Å². The van der Waals surface area contributed by atoms with Crippen LogP contribution in [0.4, 0.5) is 10.5 Å². The molecular formula is C19H20N4O3. The van der Waals surface area contributed by atoms with E-state index in [0.717, 1.165) is 5.69 Å². The maximum Gasteiger partial charge on any atom is 0.319 e. The van der Waals surface area contributed by atoms with Gasteiger partial charge in [0.25, 0.3) is 11.8 Å². The Labute approximate surface area is 151 Å². The van der Waals surface area contributed by atoms with Gasteiger partial charge in [0.1, 0.15) is 0 Å². The van der Waals surface area contributed by atoms with Crippen molar-refractivity contribution in [3.05, 3.63) is 59.4 Å². The van der Waals surface area contributed by atoms with Gasteiger partial charge in [0, 0.05) is 18.4 Å². The zero-order valence-electron chi connectivity index (χ0n) is 14.7. The van der Waals surface area contributed by atoms with E-state index in [1.54, 1.807) is 24.4 Å². The summed E-state index contributed by atoms with van der Waals surface area (Å²) in [4.78, 5) is 42.2. The van der Waals surface area contributed by atoms with Crippen molar-refractivity contribution < 1.29 is 14.4 Å². The first-order valence-electron chi connectivity index (χ1n) is 8.40. The molecule has 0 saturated carbocycles. The van der Waals surface area contributed by atoms with Crippen LogP contribution in [0.2, 0.25) is 0 Å². The number of nitrogens with one attached hydrogen (secondary N) is 2. The molecule has 7 nitrogen and oxygen atoms in total. The van der Waals surface area contributed by atoms with Gasteiger partial charge in [-0.1, -0.05) is 19.9 Å². The summed E-state index contributed by atoms with van der Waals surface area (Å²) in [5.74, 6) is -0.423. The number of carbonyl (C=O) groups excluding carboxylic acids is 3. The van der Waals surface area contributed by atoms with Gasteiger partial charge < -0.3 is 10.6 Å². The highest BCUT2D eigenvalue weighted by molar-refractivity contribution is 6.21. The van der Waals surface area contributed by atoms with Crippen LogP contribution in [0.25, 0.3) is 0 Å². The first kappa shape index (κ1) is 17.6. The van der Waals surface area contributed by atoms with Gasteiger partial charge in [-0.3, -0.25) is 19.5 Å². The number of hydrogen-bond acceptors (Lipinski definition) is 4. The molecule has 2 aromatic rings. The number of anilines is 1. The lowest BCUT2D eigenvalue weighted by Gasteiger charge is -2.15. The second kappa shape index (κ2) is 7.35. The lowest BCUT2D eigenvalue weighted by atomic mass is 10.1. The molecule has 26 heavy (non-hydrogen) atoms. The van der Waals surface area contributed by atoms with Gasteiger partial charge >= 0.3 is 6.03 Å². The van der Waals surface area contributed by atoms with Crippen LogP contribution in [0, 0.1) is 5.92 Å². The summed E-state index contributed by atoms with van der Waals surface area (Å²) >= 11 is 0. The third-order valence-electron chi connectivity index (χ3n) is 3.93. The highest BCUT2D eigenvalue weighted by Gasteiger charge is 2.35. The molecule has 0 saturated heterocycles. The summed E-state index contributed by atoms with van der Waals surface area (Å²) < 4.78 is 0. The van der Waals surface area contributed by atoms with Crippen LogP contribution in [-0.2, 0) is 6.54 Å². The van der Waals surface area contributed by atoms with Crippen LogP contribution >= 0.6 is 0 Å². The van der Waals surface area contributed by atoms with E-state index >= 15 is 0 Å². The zero-order chi connectivity index (χ0) is 18.7. The van der Waals surface area contributed by atoms with E-state index in [1.165, 1.54) is 11.0 Å². The highest BCUT2D eigenvalue weighted by atomic mass is 16.2. The Hall–Kier alpha value is -3.22. The van der Waals surface area contributed by atoms with Gasteiger partial charge in [0.05, 0.1) is 23.4 Å². The molecule has 0 aliphatic carbocycles. The second-order valence-electron chi connectivity index (χ2n) is 6.50. The number of imide groups is 1. The molecule has 7 heteroatoms. The lowest BCUT2D eigenvalue weighted by molar-refractivity contribution is 0.0636. The van der Waals surface area contributed by atoms with Gasteiger partial charge in [-0.05, 0) is 36.2 Å². The number of rotatable bonds is 5. The minimum absolute atomic E-state index is 0.187. The minimum Gasteiger partial charge on any atom is -0.332 e. The molecule has 0 unspecified atom stereocenters. The minimum atomic E-state index is -0.411. The van der Waals surface area contributed by atoms with E-state index in [9.17, 15) is 14.4 Å². The van der Waals surface area contributed by atoms with Crippen LogP contribution in [0.15, 0.2) is 42.6 Å².